The summed E-state index contributed by atoms with van der Waals surface area (Å²) in [6, 6.07) is 0. The topological polar surface area (TPSA) is 41.9 Å². The molecule has 2 unspecified atom stereocenters. The highest BCUT2D eigenvalue weighted by atomic mass is 16.7. The molecule has 0 aromatic carbocycles. The average Bonchev–Trinajstić information content (AvgIpc) is 2.79. The monoisotopic (exact) mass is 313 g/mol. The van der Waals surface area contributed by atoms with E-state index in [1.807, 2.05) is 6.92 Å². The number of aliphatic hydroxyl groups excluding tert-OH is 1. The van der Waals surface area contributed by atoms with Crippen LogP contribution in [-0.4, -0.2) is 54.2 Å². The molecule has 0 amide bonds. The van der Waals surface area contributed by atoms with Crippen LogP contribution < -0.4 is 0 Å². The number of hydrogen-bond acceptors (Lipinski definition) is 4. The molecule has 1 saturated carbocycles. The van der Waals surface area contributed by atoms with Crippen molar-refractivity contribution in [3.05, 3.63) is 0 Å². The largest absolute Gasteiger partial charge is 0.392 e. The molecule has 1 aliphatic carbocycles. The molecule has 0 aromatic heterocycles. The van der Waals surface area contributed by atoms with Gasteiger partial charge in [0.2, 0.25) is 0 Å². The first-order valence-electron chi connectivity index (χ1n) is 8.96. The van der Waals surface area contributed by atoms with Gasteiger partial charge in [-0.25, -0.2) is 0 Å². The zero-order valence-electron chi connectivity index (χ0n) is 15.1. The normalized spacial score (nSPS) is 34.5. The molecule has 0 aromatic rings. The van der Waals surface area contributed by atoms with Gasteiger partial charge in [0, 0.05) is 25.9 Å². The zero-order valence-corrected chi connectivity index (χ0v) is 15.1. The lowest BCUT2D eigenvalue weighted by Gasteiger charge is -2.41. The van der Waals surface area contributed by atoms with Gasteiger partial charge in [0.05, 0.1) is 18.8 Å². The molecule has 2 aliphatic rings. The van der Waals surface area contributed by atoms with Gasteiger partial charge < -0.3 is 14.6 Å². The van der Waals surface area contributed by atoms with E-state index >= 15 is 0 Å². The molecule has 1 N–H and O–H groups in total. The van der Waals surface area contributed by atoms with Crippen LogP contribution in [0.1, 0.15) is 60.3 Å². The van der Waals surface area contributed by atoms with E-state index in [-0.39, 0.29) is 18.0 Å². The number of hydrogen-bond donors (Lipinski definition) is 1. The van der Waals surface area contributed by atoms with Crippen LogP contribution in [0.4, 0.5) is 0 Å². The first-order chi connectivity index (χ1) is 10.2. The van der Waals surface area contributed by atoms with Gasteiger partial charge in [-0.2, -0.15) is 0 Å². The number of likely N-dealkylation sites (N-methyl/N-ethyl adjacent to an activating group) is 1. The Kier molecular flexibility index (Phi) is 5.92. The maximum absolute atomic E-state index is 9.56. The molecule has 0 radical (unpaired) electrons. The molecule has 22 heavy (non-hydrogen) atoms. The van der Waals surface area contributed by atoms with Gasteiger partial charge >= 0.3 is 0 Å². The summed E-state index contributed by atoms with van der Waals surface area (Å²) in [5.74, 6) is 0.447. The lowest BCUT2D eigenvalue weighted by Crippen LogP contribution is -2.41. The van der Waals surface area contributed by atoms with Crippen molar-refractivity contribution >= 4 is 0 Å². The second kappa shape index (κ2) is 7.16. The Morgan fingerprint density at radius 3 is 2.41 bits per heavy atom. The molecule has 0 bridgehead atoms. The molecule has 130 valence electrons. The van der Waals surface area contributed by atoms with Gasteiger partial charge in [0.1, 0.15) is 0 Å². The Hall–Kier alpha value is -0.160. The van der Waals surface area contributed by atoms with E-state index in [1.54, 1.807) is 0 Å². The summed E-state index contributed by atoms with van der Waals surface area (Å²) in [5.41, 5.74) is 0.385. The van der Waals surface area contributed by atoms with E-state index in [2.05, 4.69) is 32.6 Å². The van der Waals surface area contributed by atoms with Crippen LogP contribution in [0, 0.1) is 11.3 Å². The highest BCUT2D eigenvalue weighted by Crippen LogP contribution is 2.45. The quantitative estimate of drug-likeness (QED) is 0.847. The van der Waals surface area contributed by atoms with Crippen molar-refractivity contribution < 1.29 is 14.6 Å². The summed E-state index contributed by atoms with van der Waals surface area (Å²) in [7, 11) is 0. The summed E-state index contributed by atoms with van der Waals surface area (Å²) in [6.45, 7) is 14.2. The standard InChI is InChI=1S/C18H35NO3/c1-6-19(11-14(2)20)12-16-13-21-18(22-16)9-7-15(8-10-18)17(3,4)5/h14-16,20H,6-13H2,1-5H3. The van der Waals surface area contributed by atoms with E-state index in [0.29, 0.717) is 18.6 Å². The summed E-state index contributed by atoms with van der Waals surface area (Å²) in [6.07, 6.45) is 4.29. The van der Waals surface area contributed by atoms with E-state index in [4.69, 9.17) is 9.47 Å². The maximum Gasteiger partial charge on any atom is 0.168 e. The van der Waals surface area contributed by atoms with Gasteiger partial charge in [-0.1, -0.05) is 27.7 Å². The van der Waals surface area contributed by atoms with Gasteiger partial charge in [-0.15, -0.1) is 0 Å². The molecule has 1 saturated heterocycles. The van der Waals surface area contributed by atoms with Crippen molar-refractivity contribution in [1.29, 1.82) is 0 Å². The number of aliphatic hydroxyl groups is 1. The van der Waals surface area contributed by atoms with Crippen molar-refractivity contribution in [3.63, 3.8) is 0 Å². The first kappa shape index (κ1) is 18.2. The van der Waals surface area contributed by atoms with E-state index < -0.39 is 0 Å². The minimum absolute atomic E-state index is 0.143. The Morgan fingerprint density at radius 2 is 1.91 bits per heavy atom. The molecule has 1 spiro atoms. The Bertz CT molecular complexity index is 343. The molecule has 1 aliphatic heterocycles. The van der Waals surface area contributed by atoms with Crippen molar-refractivity contribution in [2.45, 2.75) is 78.3 Å². The SMILES string of the molecule is CCN(CC(C)O)CC1COC2(CCC(C(C)(C)C)CC2)O1. The average molecular weight is 313 g/mol. The second-order valence-electron chi connectivity index (χ2n) is 8.30. The van der Waals surface area contributed by atoms with Crippen molar-refractivity contribution in [3.8, 4) is 0 Å². The molecular formula is C18H35NO3. The van der Waals surface area contributed by atoms with Gasteiger partial charge in [-0.3, -0.25) is 4.90 Å². The van der Waals surface area contributed by atoms with Crippen LogP contribution in [0.5, 0.6) is 0 Å². The van der Waals surface area contributed by atoms with Gasteiger partial charge in [0.15, 0.2) is 5.79 Å². The van der Waals surface area contributed by atoms with Crippen LogP contribution in [-0.2, 0) is 9.47 Å². The van der Waals surface area contributed by atoms with Gasteiger partial charge in [-0.05, 0) is 37.6 Å². The molecule has 1 heterocycles. The Labute approximate surface area is 136 Å². The van der Waals surface area contributed by atoms with Gasteiger partial charge in [0.25, 0.3) is 0 Å². The fourth-order valence-electron chi connectivity index (χ4n) is 3.89. The summed E-state index contributed by atoms with van der Waals surface area (Å²) >= 11 is 0. The smallest absolute Gasteiger partial charge is 0.168 e. The third-order valence-electron chi connectivity index (χ3n) is 5.32. The highest BCUT2D eigenvalue weighted by molar-refractivity contribution is 4.89. The highest BCUT2D eigenvalue weighted by Gasteiger charge is 2.46. The third kappa shape index (κ3) is 4.67. The molecule has 4 nitrogen and oxygen atoms in total. The Balaban J connectivity index is 1.83. The van der Waals surface area contributed by atoms with Crippen molar-refractivity contribution in [2.75, 3.05) is 26.2 Å². The van der Waals surface area contributed by atoms with E-state index in [9.17, 15) is 5.11 Å². The van der Waals surface area contributed by atoms with E-state index in [0.717, 1.165) is 31.8 Å². The molecule has 4 heteroatoms. The second-order valence-corrected chi connectivity index (χ2v) is 8.30. The fourth-order valence-corrected chi connectivity index (χ4v) is 3.89. The van der Waals surface area contributed by atoms with Crippen LogP contribution in [0.3, 0.4) is 0 Å². The van der Waals surface area contributed by atoms with Crippen molar-refractivity contribution in [2.24, 2.45) is 11.3 Å². The molecule has 2 rings (SSSR count). The van der Waals surface area contributed by atoms with Crippen LogP contribution >= 0.6 is 0 Å². The molecule has 2 atom stereocenters. The van der Waals surface area contributed by atoms with Crippen molar-refractivity contribution in [1.82, 2.24) is 4.90 Å². The predicted octanol–water partition coefficient (Wildman–Crippen LogP) is 3.04. The summed E-state index contributed by atoms with van der Waals surface area (Å²) < 4.78 is 12.4. The minimum Gasteiger partial charge on any atom is -0.392 e. The maximum atomic E-state index is 9.56. The fraction of sp³-hybridized carbons (Fsp3) is 1.00. The van der Waals surface area contributed by atoms with E-state index in [1.165, 1.54) is 12.8 Å². The lowest BCUT2D eigenvalue weighted by molar-refractivity contribution is -0.197. The number of rotatable bonds is 5. The minimum atomic E-state index is -0.323. The van der Waals surface area contributed by atoms with Crippen LogP contribution in [0.25, 0.3) is 0 Å². The predicted molar refractivity (Wildman–Crippen MR) is 88.8 cm³/mol. The number of ether oxygens (including phenoxy) is 2. The first-order valence-corrected chi connectivity index (χ1v) is 8.96. The lowest BCUT2D eigenvalue weighted by atomic mass is 9.71. The molecule has 2 fully saturated rings. The third-order valence-corrected chi connectivity index (χ3v) is 5.32. The van der Waals surface area contributed by atoms with Crippen LogP contribution in [0.2, 0.25) is 0 Å². The molecular weight excluding hydrogens is 278 g/mol. The zero-order chi connectivity index (χ0) is 16.4. The summed E-state index contributed by atoms with van der Waals surface area (Å²) in [5, 5.41) is 9.56. The summed E-state index contributed by atoms with van der Waals surface area (Å²) in [4.78, 5) is 2.25. The van der Waals surface area contributed by atoms with Crippen LogP contribution in [0.15, 0.2) is 0 Å². The Morgan fingerprint density at radius 1 is 1.27 bits per heavy atom. The number of nitrogens with zero attached hydrogens (tertiary/aromatic N) is 1.